The molecule has 2 aliphatic rings. The van der Waals surface area contributed by atoms with Crippen LogP contribution < -0.4 is 5.32 Å². The molecule has 0 radical (unpaired) electrons. The number of amides is 2. The van der Waals surface area contributed by atoms with Crippen molar-refractivity contribution in [2.45, 2.75) is 63.8 Å². The zero-order chi connectivity index (χ0) is 24.2. The molecule has 2 fully saturated rings. The summed E-state index contributed by atoms with van der Waals surface area (Å²) in [6, 6.07) is 2.59. The van der Waals surface area contributed by atoms with Crippen LogP contribution in [0.4, 0.5) is 8.78 Å². The molecule has 4 rings (SSSR count). The summed E-state index contributed by atoms with van der Waals surface area (Å²) in [5.74, 6) is -2.71. The van der Waals surface area contributed by atoms with Crippen LogP contribution in [0, 0.1) is 17.6 Å². The Morgan fingerprint density at radius 3 is 2.76 bits per heavy atom. The summed E-state index contributed by atoms with van der Waals surface area (Å²) in [5, 5.41) is 6.81. The lowest BCUT2D eigenvalue weighted by Gasteiger charge is -2.26. The molecule has 2 amide bonds. The fourth-order valence-electron chi connectivity index (χ4n) is 4.25. The van der Waals surface area contributed by atoms with Crippen LogP contribution >= 0.6 is 0 Å². The molecule has 10 heteroatoms. The van der Waals surface area contributed by atoms with Crippen LogP contribution in [-0.2, 0) is 39.3 Å². The van der Waals surface area contributed by atoms with Crippen molar-refractivity contribution in [1.29, 1.82) is 0 Å². The normalized spacial score (nSPS) is 18.7. The van der Waals surface area contributed by atoms with Crippen LogP contribution in [0.25, 0.3) is 0 Å². The van der Waals surface area contributed by atoms with Gasteiger partial charge >= 0.3 is 5.97 Å². The Bertz CT molecular complexity index is 1070. The molecule has 1 saturated carbocycles. The van der Waals surface area contributed by atoms with Gasteiger partial charge in [-0.15, -0.1) is 0 Å². The number of aromatic nitrogens is 2. The van der Waals surface area contributed by atoms with E-state index in [1.165, 1.54) is 17.0 Å². The number of ether oxygens (including phenoxy) is 1. The SMILES string of the molecule is Cn1cc(COC(=O)[C@H](CC2CC2)NC(=O)C[C@@H]2CCC(=O)N2Cc2cccc(F)c2F)cn1. The lowest BCUT2D eigenvalue weighted by atomic mass is 10.1. The van der Waals surface area contributed by atoms with E-state index >= 15 is 0 Å². The van der Waals surface area contributed by atoms with Gasteiger partial charge in [0.15, 0.2) is 11.6 Å². The smallest absolute Gasteiger partial charge is 0.328 e. The second-order valence-electron chi connectivity index (χ2n) is 9.06. The Morgan fingerprint density at radius 2 is 2.06 bits per heavy atom. The summed E-state index contributed by atoms with van der Waals surface area (Å²) >= 11 is 0. The number of carbonyl (C=O) groups excluding carboxylic acids is 3. The molecule has 1 N–H and O–H groups in total. The van der Waals surface area contributed by atoms with E-state index in [0.29, 0.717) is 18.8 Å². The highest BCUT2D eigenvalue weighted by molar-refractivity contribution is 5.86. The first-order chi connectivity index (χ1) is 16.3. The van der Waals surface area contributed by atoms with Gasteiger partial charge in [0, 0.05) is 49.8 Å². The first-order valence-electron chi connectivity index (χ1n) is 11.5. The van der Waals surface area contributed by atoms with E-state index in [4.69, 9.17) is 4.74 Å². The zero-order valence-electron chi connectivity index (χ0n) is 19.0. The van der Waals surface area contributed by atoms with Crippen molar-refractivity contribution >= 4 is 17.8 Å². The predicted octanol–water partition coefficient (Wildman–Crippen LogP) is 2.61. The first kappa shape index (κ1) is 23.8. The van der Waals surface area contributed by atoms with Crippen LogP contribution in [0.5, 0.6) is 0 Å². The van der Waals surface area contributed by atoms with E-state index in [0.717, 1.165) is 24.5 Å². The van der Waals surface area contributed by atoms with Gasteiger partial charge in [-0.2, -0.15) is 5.10 Å². The number of rotatable bonds is 10. The molecule has 0 bridgehead atoms. The minimum absolute atomic E-state index is 0.0280. The van der Waals surface area contributed by atoms with Gasteiger partial charge in [-0.25, -0.2) is 13.6 Å². The number of benzene rings is 1. The van der Waals surface area contributed by atoms with Crippen LogP contribution in [0.1, 0.15) is 49.7 Å². The largest absolute Gasteiger partial charge is 0.459 e. The molecule has 0 unspecified atom stereocenters. The van der Waals surface area contributed by atoms with Crippen LogP contribution in [-0.4, -0.2) is 44.5 Å². The van der Waals surface area contributed by atoms with Crippen LogP contribution in [0.15, 0.2) is 30.6 Å². The molecule has 1 saturated heterocycles. The fraction of sp³-hybridized carbons (Fsp3) is 0.500. The maximum Gasteiger partial charge on any atom is 0.328 e. The van der Waals surface area contributed by atoms with Gasteiger partial charge in [-0.05, 0) is 24.8 Å². The lowest BCUT2D eigenvalue weighted by molar-refractivity contribution is -0.149. The molecule has 2 heterocycles. The maximum absolute atomic E-state index is 14.1. The van der Waals surface area contributed by atoms with Crippen molar-refractivity contribution in [3.63, 3.8) is 0 Å². The van der Waals surface area contributed by atoms with E-state index in [1.54, 1.807) is 24.1 Å². The highest BCUT2D eigenvalue weighted by Gasteiger charge is 2.35. The molecule has 182 valence electrons. The Kier molecular flexibility index (Phi) is 7.23. The van der Waals surface area contributed by atoms with Gasteiger partial charge in [-0.1, -0.05) is 25.0 Å². The molecule has 1 aliphatic carbocycles. The monoisotopic (exact) mass is 474 g/mol. The van der Waals surface area contributed by atoms with Crippen molar-refractivity contribution in [3.8, 4) is 0 Å². The Hall–Kier alpha value is -3.30. The lowest BCUT2D eigenvalue weighted by Crippen LogP contribution is -2.44. The number of halogens is 2. The molecule has 0 spiro atoms. The van der Waals surface area contributed by atoms with Gasteiger partial charge in [0.2, 0.25) is 11.8 Å². The van der Waals surface area contributed by atoms with Crippen molar-refractivity contribution in [2.75, 3.05) is 0 Å². The summed E-state index contributed by atoms with van der Waals surface area (Å²) in [4.78, 5) is 39.3. The molecule has 8 nitrogen and oxygen atoms in total. The molecular formula is C24H28F2N4O4. The predicted molar refractivity (Wildman–Crippen MR) is 117 cm³/mol. The van der Waals surface area contributed by atoms with Crippen LogP contribution in [0.3, 0.4) is 0 Å². The summed E-state index contributed by atoms with van der Waals surface area (Å²) in [7, 11) is 1.77. The number of hydrogen-bond acceptors (Lipinski definition) is 5. The summed E-state index contributed by atoms with van der Waals surface area (Å²) in [5.41, 5.74) is 0.809. The average Bonchev–Trinajstić information content (AvgIpc) is 3.43. The van der Waals surface area contributed by atoms with E-state index in [2.05, 4.69) is 10.4 Å². The summed E-state index contributed by atoms with van der Waals surface area (Å²) in [6.45, 7) is -0.0488. The molecule has 2 atom stereocenters. The van der Waals surface area contributed by atoms with Gasteiger partial charge in [0.05, 0.1) is 6.20 Å². The average molecular weight is 475 g/mol. The highest BCUT2D eigenvalue weighted by Crippen LogP contribution is 2.34. The van der Waals surface area contributed by atoms with E-state index in [-0.39, 0.29) is 43.4 Å². The van der Waals surface area contributed by atoms with Crippen molar-refractivity contribution < 1.29 is 27.9 Å². The molecular weight excluding hydrogens is 446 g/mol. The van der Waals surface area contributed by atoms with Crippen molar-refractivity contribution in [2.24, 2.45) is 13.0 Å². The number of esters is 1. The molecule has 34 heavy (non-hydrogen) atoms. The third-order valence-electron chi connectivity index (χ3n) is 6.27. The van der Waals surface area contributed by atoms with Crippen molar-refractivity contribution in [3.05, 3.63) is 53.4 Å². The van der Waals surface area contributed by atoms with Gasteiger partial charge in [0.25, 0.3) is 0 Å². The van der Waals surface area contributed by atoms with Crippen molar-refractivity contribution in [1.82, 2.24) is 20.0 Å². The Labute approximate surface area is 196 Å². The second-order valence-corrected chi connectivity index (χ2v) is 9.06. The molecule has 2 aromatic rings. The Balaban J connectivity index is 1.35. The third-order valence-corrected chi connectivity index (χ3v) is 6.27. The first-order valence-corrected chi connectivity index (χ1v) is 11.5. The quantitative estimate of drug-likeness (QED) is 0.535. The van der Waals surface area contributed by atoms with Gasteiger partial charge < -0.3 is 15.0 Å². The number of hydrogen-bond donors (Lipinski definition) is 1. The number of nitrogens with one attached hydrogen (secondary N) is 1. The Morgan fingerprint density at radius 1 is 1.26 bits per heavy atom. The maximum atomic E-state index is 14.1. The fourth-order valence-corrected chi connectivity index (χ4v) is 4.25. The van der Waals surface area contributed by atoms with Gasteiger partial charge in [-0.3, -0.25) is 14.3 Å². The number of carbonyl (C=O) groups is 3. The van der Waals surface area contributed by atoms with E-state index in [9.17, 15) is 23.2 Å². The van der Waals surface area contributed by atoms with Crippen LogP contribution in [0.2, 0.25) is 0 Å². The van der Waals surface area contributed by atoms with E-state index < -0.39 is 29.7 Å². The third kappa shape index (κ3) is 5.98. The summed E-state index contributed by atoms with van der Waals surface area (Å²) < 4.78 is 34.7. The van der Waals surface area contributed by atoms with E-state index in [1.807, 2.05) is 0 Å². The second kappa shape index (κ2) is 10.3. The number of likely N-dealkylation sites (tertiary alicyclic amines) is 1. The standard InChI is InChI=1S/C24H28F2N4O4/c1-29-12-16(11-27-29)14-34-24(33)20(9-15-5-6-15)28-21(31)10-18-7-8-22(32)30(18)13-17-3-2-4-19(25)23(17)26/h2-4,11-12,15,18,20H,5-10,13-14H2,1H3,(H,28,31)/t18-,20-/m0/s1. The molecule has 1 aromatic carbocycles. The minimum atomic E-state index is -0.994. The van der Waals surface area contributed by atoms with Gasteiger partial charge in [0.1, 0.15) is 12.6 Å². The minimum Gasteiger partial charge on any atom is -0.459 e. The number of aryl methyl sites for hydroxylation is 1. The molecule has 1 aliphatic heterocycles. The zero-order valence-corrected chi connectivity index (χ0v) is 19.0. The molecule has 1 aromatic heterocycles. The number of nitrogens with zero attached hydrogens (tertiary/aromatic N) is 3. The highest BCUT2D eigenvalue weighted by atomic mass is 19.2. The summed E-state index contributed by atoms with van der Waals surface area (Å²) in [6.07, 6.45) is 6.50. The topological polar surface area (TPSA) is 93.5 Å².